The van der Waals surface area contributed by atoms with Crippen molar-refractivity contribution in [2.45, 2.75) is 13.3 Å². The van der Waals surface area contributed by atoms with Crippen LogP contribution in [0.5, 0.6) is 0 Å². The van der Waals surface area contributed by atoms with Crippen molar-refractivity contribution in [1.29, 1.82) is 0 Å². The van der Waals surface area contributed by atoms with Gasteiger partial charge in [0.2, 0.25) is 0 Å². The summed E-state index contributed by atoms with van der Waals surface area (Å²) in [7, 11) is 0. The van der Waals surface area contributed by atoms with Gasteiger partial charge in [-0.05, 0) is 25.2 Å². The summed E-state index contributed by atoms with van der Waals surface area (Å²) in [5.41, 5.74) is 1.44. The van der Waals surface area contributed by atoms with Gasteiger partial charge in [-0.25, -0.2) is 0 Å². The van der Waals surface area contributed by atoms with E-state index in [4.69, 9.17) is 0 Å². The first-order valence-corrected chi connectivity index (χ1v) is 3.46. The third-order valence-corrected chi connectivity index (χ3v) is 2.62. The smallest absolute Gasteiger partial charge is 0.123 e. The number of carbonyl (C=O) groups excluding carboxylic acids is 1. The molecule has 0 spiro atoms. The highest BCUT2D eigenvalue weighted by atomic mass is 16.1. The molecule has 48 valence electrons. The molecule has 2 rings (SSSR count). The van der Waals surface area contributed by atoms with Gasteiger partial charge in [0.25, 0.3) is 0 Å². The fraction of sp³-hybridized carbons (Fsp3) is 0.625. The molecule has 1 nitrogen and oxygen atoms in total. The van der Waals surface area contributed by atoms with E-state index in [2.05, 4.69) is 13.0 Å². The van der Waals surface area contributed by atoms with Crippen molar-refractivity contribution in [3.05, 3.63) is 11.6 Å². The third kappa shape index (κ3) is 0.521. The van der Waals surface area contributed by atoms with Crippen LogP contribution in [-0.2, 0) is 4.79 Å². The summed E-state index contributed by atoms with van der Waals surface area (Å²) in [6, 6.07) is 0. The SMILES string of the molecule is CC1=CC[C@H]2[C@@H](C=O)[C@@H]12. The van der Waals surface area contributed by atoms with Crippen molar-refractivity contribution < 1.29 is 4.79 Å². The Bertz CT molecular complexity index is 181. The van der Waals surface area contributed by atoms with E-state index in [1.54, 1.807) is 0 Å². The summed E-state index contributed by atoms with van der Waals surface area (Å²) in [6.45, 7) is 2.13. The molecule has 0 amide bonds. The number of aldehydes is 1. The number of allylic oxidation sites excluding steroid dienone is 2. The average Bonchev–Trinajstić information content (AvgIpc) is 2.46. The second-order valence-electron chi connectivity index (χ2n) is 3.09. The zero-order valence-electron chi connectivity index (χ0n) is 5.50. The normalized spacial score (nSPS) is 45.9. The summed E-state index contributed by atoms with van der Waals surface area (Å²) in [4.78, 5) is 10.3. The Morgan fingerprint density at radius 2 is 2.56 bits per heavy atom. The fourth-order valence-corrected chi connectivity index (χ4v) is 1.99. The quantitative estimate of drug-likeness (QED) is 0.379. The molecule has 2 aliphatic carbocycles. The van der Waals surface area contributed by atoms with Gasteiger partial charge < -0.3 is 4.79 Å². The molecule has 0 aromatic heterocycles. The van der Waals surface area contributed by atoms with Crippen LogP contribution >= 0.6 is 0 Å². The van der Waals surface area contributed by atoms with E-state index < -0.39 is 0 Å². The minimum atomic E-state index is 0.398. The van der Waals surface area contributed by atoms with E-state index in [1.807, 2.05) is 0 Å². The fourth-order valence-electron chi connectivity index (χ4n) is 1.99. The van der Waals surface area contributed by atoms with Gasteiger partial charge in [-0.1, -0.05) is 11.6 Å². The molecule has 0 heterocycles. The van der Waals surface area contributed by atoms with Crippen molar-refractivity contribution in [3.63, 3.8) is 0 Å². The Morgan fingerprint density at radius 1 is 1.78 bits per heavy atom. The Hall–Kier alpha value is -0.590. The minimum absolute atomic E-state index is 0.398. The molecule has 0 saturated heterocycles. The summed E-state index contributed by atoms with van der Waals surface area (Å²) >= 11 is 0. The molecule has 0 aromatic carbocycles. The van der Waals surface area contributed by atoms with Gasteiger partial charge >= 0.3 is 0 Å². The lowest BCUT2D eigenvalue weighted by Gasteiger charge is -1.90. The Morgan fingerprint density at radius 3 is 2.89 bits per heavy atom. The monoisotopic (exact) mass is 122 g/mol. The van der Waals surface area contributed by atoms with Gasteiger partial charge in [-0.15, -0.1) is 0 Å². The van der Waals surface area contributed by atoms with E-state index in [0.717, 1.165) is 12.7 Å². The van der Waals surface area contributed by atoms with Gasteiger partial charge in [0.05, 0.1) is 0 Å². The predicted octanol–water partition coefficient (Wildman–Crippen LogP) is 1.40. The zero-order chi connectivity index (χ0) is 6.43. The molecule has 0 bridgehead atoms. The molecular weight excluding hydrogens is 112 g/mol. The van der Waals surface area contributed by atoms with Gasteiger partial charge in [-0.2, -0.15) is 0 Å². The molecule has 1 fully saturated rings. The zero-order valence-corrected chi connectivity index (χ0v) is 5.50. The second kappa shape index (κ2) is 1.47. The van der Waals surface area contributed by atoms with Crippen molar-refractivity contribution in [2.75, 3.05) is 0 Å². The van der Waals surface area contributed by atoms with Crippen LogP contribution in [0.15, 0.2) is 11.6 Å². The number of hydrogen-bond donors (Lipinski definition) is 0. The Balaban J connectivity index is 2.15. The van der Waals surface area contributed by atoms with Crippen LogP contribution in [0.1, 0.15) is 13.3 Å². The van der Waals surface area contributed by atoms with Crippen molar-refractivity contribution >= 4 is 6.29 Å². The number of fused-ring (bicyclic) bond motifs is 1. The average molecular weight is 122 g/mol. The summed E-state index contributed by atoms with van der Waals surface area (Å²) < 4.78 is 0. The number of rotatable bonds is 1. The van der Waals surface area contributed by atoms with Crippen LogP contribution in [0.4, 0.5) is 0 Å². The number of carbonyl (C=O) groups is 1. The molecule has 1 heteroatoms. The number of hydrogen-bond acceptors (Lipinski definition) is 1. The predicted molar refractivity (Wildman–Crippen MR) is 34.9 cm³/mol. The molecule has 0 aromatic rings. The van der Waals surface area contributed by atoms with Crippen molar-refractivity contribution in [1.82, 2.24) is 0 Å². The highest BCUT2D eigenvalue weighted by Gasteiger charge is 2.52. The molecule has 0 aliphatic heterocycles. The molecule has 9 heavy (non-hydrogen) atoms. The van der Waals surface area contributed by atoms with Gasteiger partial charge in [0, 0.05) is 5.92 Å². The van der Waals surface area contributed by atoms with Crippen LogP contribution in [-0.4, -0.2) is 6.29 Å². The van der Waals surface area contributed by atoms with E-state index in [9.17, 15) is 4.79 Å². The maximum Gasteiger partial charge on any atom is 0.123 e. The van der Waals surface area contributed by atoms with Crippen LogP contribution in [0.3, 0.4) is 0 Å². The van der Waals surface area contributed by atoms with Crippen LogP contribution < -0.4 is 0 Å². The molecule has 3 atom stereocenters. The third-order valence-electron chi connectivity index (χ3n) is 2.62. The topological polar surface area (TPSA) is 17.1 Å². The van der Waals surface area contributed by atoms with Crippen molar-refractivity contribution in [2.24, 2.45) is 17.8 Å². The maximum atomic E-state index is 10.3. The van der Waals surface area contributed by atoms with E-state index >= 15 is 0 Å². The second-order valence-corrected chi connectivity index (χ2v) is 3.09. The van der Waals surface area contributed by atoms with Gasteiger partial charge in [0.1, 0.15) is 6.29 Å². The molecular formula is C8H10O. The maximum absolute atomic E-state index is 10.3. The first kappa shape index (κ1) is 5.21. The summed E-state index contributed by atoms with van der Waals surface area (Å²) in [5.74, 6) is 1.76. The molecule has 2 aliphatic rings. The minimum Gasteiger partial charge on any atom is -0.303 e. The first-order chi connectivity index (χ1) is 4.34. The Kier molecular flexibility index (Phi) is 0.850. The highest BCUT2D eigenvalue weighted by Crippen LogP contribution is 2.56. The summed E-state index contributed by atoms with van der Waals surface area (Å²) in [6.07, 6.45) is 4.53. The van der Waals surface area contributed by atoms with Gasteiger partial charge in [-0.3, -0.25) is 0 Å². The van der Waals surface area contributed by atoms with E-state index in [-0.39, 0.29) is 0 Å². The van der Waals surface area contributed by atoms with Crippen molar-refractivity contribution in [3.8, 4) is 0 Å². The molecule has 0 radical (unpaired) electrons. The molecule has 0 unspecified atom stereocenters. The lowest BCUT2D eigenvalue weighted by atomic mass is 10.2. The van der Waals surface area contributed by atoms with E-state index in [1.165, 1.54) is 5.57 Å². The largest absolute Gasteiger partial charge is 0.303 e. The van der Waals surface area contributed by atoms with Crippen LogP contribution in [0.2, 0.25) is 0 Å². The molecule has 1 saturated carbocycles. The van der Waals surface area contributed by atoms with E-state index in [0.29, 0.717) is 17.8 Å². The van der Waals surface area contributed by atoms with Crippen LogP contribution in [0.25, 0.3) is 0 Å². The summed E-state index contributed by atoms with van der Waals surface area (Å²) in [5, 5.41) is 0. The highest BCUT2D eigenvalue weighted by molar-refractivity contribution is 5.62. The first-order valence-electron chi connectivity index (χ1n) is 3.46. The standard InChI is InChI=1S/C8H10O/c1-5-2-3-6-7(4-9)8(5)6/h2,4,6-8H,3H2,1H3/t6-,7+,8-/m0/s1. The van der Waals surface area contributed by atoms with Crippen LogP contribution in [0, 0.1) is 17.8 Å². The lowest BCUT2D eigenvalue weighted by molar-refractivity contribution is -0.109. The Labute approximate surface area is 54.8 Å². The lowest BCUT2D eigenvalue weighted by Crippen LogP contribution is -1.85. The molecule has 0 N–H and O–H groups in total. The van der Waals surface area contributed by atoms with Gasteiger partial charge in [0.15, 0.2) is 0 Å².